The number of aromatic nitrogens is 1. The highest BCUT2D eigenvalue weighted by Crippen LogP contribution is 2.23. The summed E-state index contributed by atoms with van der Waals surface area (Å²) in [6.45, 7) is 8.49. The van der Waals surface area contributed by atoms with Crippen molar-refractivity contribution in [2.45, 2.75) is 52.0 Å². The van der Waals surface area contributed by atoms with Gasteiger partial charge < -0.3 is 5.73 Å². The first-order valence-electron chi connectivity index (χ1n) is 5.12. The number of hydrogen-bond donors (Lipinski definition) is 1. The number of nitrogens with zero attached hydrogens (tertiary/aromatic N) is 1. The van der Waals surface area contributed by atoms with Crippen LogP contribution in [0, 0.1) is 0 Å². The van der Waals surface area contributed by atoms with Crippen molar-refractivity contribution >= 4 is 11.3 Å². The minimum atomic E-state index is -0.0675. The molecule has 14 heavy (non-hydrogen) atoms. The van der Waals surface area contributed by atoms with E-state index in [0.29, 0.717) is 5.92 Å². The molecule has 2 nitrogen and oxygen atoms in total. The summed E-state index contributed by atoms with van der Waals surface area (Å²) in [4.78, 5) is 5.75. The lowest BCUT2D eigenvalue weighted by Crippen LogP contribution is -2.32. The van der Waals surface area contributed by atoms with Gasteiger partial charge in [-0.1, -0.05) is 13.8 Å². The number of aryl methyl sites for hydroxylation is 1. The molecule has 0 spiro atoms. The lowest BCUT2D eigenvalue weighted by molar-refractivity contribution is 0.478. The molecule has 1 heterocycles. The van der Waals surface area contributed by atoms with Gasteiger partial charge in [0.15, 0.2) is 0 Å². The van der Waals surface area contributed by atoms with Crippen molar-refractivity contribution in [3.8, 4) is 0 Å². The average Bonchev–Trinajstić information content (AvgIpc) is 2.47. The lowest BCUT2D eigenvalue weighted by Gasteiger charge is -2.16. The van der Waals surface area contributed by atoms with Gasteiger partial charge in [-0.05, 0) is 26.7 Å². The third-order valence-corrected chi connectivity index (χ3v) is 3.44. The Morgan fingerprint density at radius 1 is 1.50 bits per heavy atom. The maximum Gasteiger partial charge on any atom is 0.0953 e. The molecule has 0 aliphatic rings. The molecular formula is C11H20N2S. The van der Waals surface area contributed by atoms with Crippen molar-refractivity contribution in [3.05, 3.63) is 16.1 Å². The molecule has 0 saturated heterocycles. The predicted octanol–water partition coefficient (Wildman–Crippen LogP) is 2.94. The summed E-state index contributed by atoms with van der Waals surface area (Å²) in [5.41, 5.74) is 5.87. The summed E-state index contributed by atoms with van der Waals surface area (Å²) < 4.78 is 0. The van der Waals surface area contributed by atoms with E-state index in [1.54, 1.807) is 0 Å². The van der Waals surface area contributed by atoms with Crippen LogP contribution in [0.3, 0.4) is 0 Å². The zero-order chi connectivity index (χ0) is 10.8. The van der Waals surface area contributed by atoms with Crippen molar-refractivity contribution in [3.63, 3.8) is 0 Å². The Hall–Kier alpha value is -0.410. The zero-order valence-electron chi connectivity index (χ0n) is 9.50. The lowest BCUT2D eigenvalue weighted by atomic mass is 10.00. The summed E-state index contributed by atoms with van der Waals surface area (Å²) in [6.07, 6.45) is 4.06. The van der Waals surface area contributed by atoms with E-state index in [1.165, 1.54) is 9.88 Å². The van der Waals surface area contributed by atoms with Gasteiger partial charge in [0.1, 0.15) is 0 Å². The third-order valence-electron chi connectivity index (χ3n) is 2.08. The van der Waals surface area contributed by atoms with Gasteiger partial charge in [-0.2, -0.15) is 0 Å². The minimum Gasteiger partial charge on any atom is -0.326 e. The van der Waals surface area contributed by atoms with E-state index in [0.717, 1.165) is 12.8 Å². The molecule has 0 saturated carbocycles. The third kappa shape index (κ3) is 3.76. The average molecular weight is 212 g/mol. The molecule has 3 heteroatoms. The maximum absolute atomic E-state index is 5.93. The second kappa shape index (κ2) is 4.41. The highest BCUT2D eigenvalue weighted by Gasteiger charge is 2.12. The molecule has 0 fully saturated rings. The van der Waals surface area contributed by atoms with Gasteiger partial charge >= 0.3 is 0 Å². The maximum atomic E-state index is 5.93. The summed E-state index contributed by atoms with van der Waals surface area (Å²) in [5, 5.41) is 1.23. The highest BCUT2D eigenvalue weighted by atomic mass is 32.1. The van der Waals surface area contributed by atoms with Crippen LogP contribution in [0.2, 0.25) is 0 Å². The molecule has 0 unspecified atom stereocenters. The number of thiazole rings is 1. The summed E-state index contributed by atoms with van der Waals surface area (Å²) in [7, 11) is 0. The van der Waals surface area contributed by atoms with Crippen molar-refractivity contribution < 1.29 is 0 Å². The Morgan fingerprint density at radius 2 is 2.14 bits per heavy atom. The summed E-state index contributed by atoms with van der Waals surface area (Å²) >= 11 is 1.81. The Labute approximate surface area is 90.6 Å². The van der Waals surface area contributed by atoms with E-state index in [1.807, 2.05) is 17.5 Å². The fraction of sp³-hybridized carbons (Fsp3) is 0.727. The van der Waals surface area contributed by atoms with Gasteiger partial charge in [-0.25, -0.2) is 4.98 Å². The van der Waals surface area contributed by atoms with Crippen LogP contribution >= 0.6 is 11.3 Å². The Morgan fingerprint density at radius 3 is 2.57 bits per heavy atom. The monoisotopic (exact) mass is 212 g/mol. The Bertz CT molecular complexity index is 284. The SMILES string of the molecule is CC(C)c1ncc(CCC(C)(C)N)s1. The summed E-state index contributed by atoms with van der Waals surface area (Å²) in [5.74, 6) is 0.541. The predicted molar refractivity (Wildman–Crippen MR) is 62.8 cm³/mol. The van der Waals surface area contributed by atoms with Crippen molar-refractivity contribution in [1.82, 2.24) is 4.98 Å². The molecule has 0 radical (unpaired) electrons. The normalized spacial score (nSPS) is 12.4. The molecule has 1 aromatic heterocycles. The molecule has 2 N–H and O–H groups in total. The van der Waals surface area contributed by atoms with Crippen LogP contribution in [0.1, 0.15) is 49.9 Å². The van der Waals surface area contributed by atoms with E-state index in [4.69, 9.17) is 5.73 Å². The molecule has 0 amide bonds. The molecule has 0 aliphatic heterocycles. The Balaban J connectivity index is 2.52. The summed E-state index contributed by atoms with van der Waals surface area (Å²) in [6, 6.07) is 0. The molecule has 0 aliphatic carbocycles. The number of nitrogens with two attached hydrogens (primary N) is 1. The van der Waals surface area contributed by atoms with Gasteiger partial charge in [0, 0.05) is 22.5 Å². The van der Waals surface area contributed by atoms with Gasteiger partial charge in [0.2, 0.25) is 0 Å². The highest BCUT2D eigenvalue weighted by molar-refractivity contribution is 7.11. The minimum absolute atomic E-state index is 0.0675. The van der Waals surface area contributed by atoms with Crippen LogP contribution in [-0.4, -0.2) is 10.5 Å². The van der Waals surface area contributed by atoms with E-state index in [2.05, 4.69) is 32.7 Å². The van der Waals surface area contributed by atoms with E-state index < -0.39 is 0 Å². The van der Waals surface area contributed by atoms with E-state index >= 15 is 0 Å². The fourth-order valence-electron chi connectivity index (χ4n) is 1.15. The fourth-order valence-corrected chi connectivity index (χ4v) is 2.07. The van der Waals surface area contributed by atoms with Crippen molar-refractivity contribution in [2.24, 2.45) is 5.73 Å². The molecule has 80 valence electrons. The quantitative estimate of drug-likeness (QED) is 0.833. The number of rotatable bonds is 4. The van der Waals surface area contributed by atoms with Crippen LogP contribution < -0.4 is 5.73 Å². The molecule has 0 atom stereocenters. The van der Waals surface area contributed by atoms with E-state index in [-0.39, 0.29) is 5.54 Å². The second-order valence-electron chi connectivity index (χ2n) is 4.81. The van der Waals surface area contributed by atoms with Crippen LogP contribution in [-0.2, 0) is 6.42 Å². The number of hydrogen-bond acceptors (Lipinski definition) is 3. The van der Waals surface area contributed by atoms with Gasteiger partial charge in [0.05, 0.1) is 5.01 Å². The van der Waals surface area contributed by atoms with Gasteiger partial charge in [-0.15, -0.1) is 11.3 Å². The molecule has 0 bridgehead atoms. The van der Waals surface area contributed by atoms with Crippen LogP contribution in [0.4, 0.5) is 0 Å². The van der Waals surface area contributed by atoms with Crippen molar-refractivity contribution in [2.75, 3.05) is 0 Å². The van der Waals surface area contributed by atoms with Crippen LogP contribution in [0.5, 0.6) is 0 Å². The smallest absolute Gasteiger partial charge is 0.0953 e. The zero-order valence-corrected chi connectivity index (χ0v) is 10.3. The standard InChI is InChI=1S/C11H20N2S/c1-8(2)10-13-7-9(14-10)5-6-11(3,4)12/h7-8H,5-6,12H2,1-4H3. The topological polar surface area (TPSA) is 38.9 Å². The van der Waals surface area contributed by atoms with Crippen molar-refractivity contribution in [1.29, 1.82) is 0 Å². The first kappa shape index (κ1) is 11.7. The first-order chi connectivity index (χ1) is 6.38. The molecule has 1 rings (SSSR count). The first-order valence-corrected chi connectivity index (χ1v) is 5.93. The van der Waals surface area contributed by atoms with Gasteiger partial charge in [0.25, 0.3) is 0 Å². The van der Waals surface area contributed by atoms with E-state index in [9.17, 15) is 0 Å². The van der Waals surface area contributed by atoms with Crippen LogP contribution in [0.15, 0.2) is 6.20 Å². The largest absolute Gasteiger partial charge is 0.326 e. The Kier molecular flexibility index (Phi) is 3.67. The van der Waals surface area contributed by atoms with Crippen LogP contribution in [0.25, 0.3) is 0 Å². The molecule has 1 aromatic rings. The van der Waals surface area contributed by atoms with Gasteiger partial charge in [-0.3, -0.25) is 0 Å². The second-order valence-corrected chi connectivity index (χ2v) is 5.95. The molecule has 0 aromatic carbocycles. The molecular weight excluding hydrogens is 192 g/mol.